The molecule has 0 amide bonds. The average Bonchev–Trinajstić information content (AvgIpc) is 3.06. The third kappa shape index (κ3) is 5.20. The van der Waals surface area contributed by atoms with Gasteiger partial charge in [-0.1, -0.05) is 33.9 Å². The number of hydrogen-bond donors (Lipinski definition) is 0. The molecule has 0 aromatic carbocycles. The van der Waals surface area contributed by atoms with E-state index in [9.17, 15) is 0 Å². The molecule has 2 rings (SSSR count). The molecule has 0 aliphatic heterocycles. The van der Waals surface area contributed by atoms with Crippen molar-refractivity contribution < 1.29 is 21.5 Å². The van der Waals surface area contributed by atoms with Gasteiger partial charge in [-0.25, -0.2) is 0 Å². The van der Waals surface area contributed by atoms with Gasteiger partial charge in [0.05, 0.1) is 8.07 Å². The van der Waals surface area contributed by atoms with Crippen molar-refractivity contribution in [3.63, 3.8) is 0 Å². The van der Waals surface area contributed by atoms with E-state index >= 15 is 0 Å². The molecule has 0 saturated heterocycles. The molecule has 2 aliphatic rings. The van der Waals surface area contributed by atoms with Crippen LogP contribution in [0.15, 0.2) is 0 Å². The van der Waals surface area contributed by atoms with E-state index in [1.165, 1.54) is 11.1 Å². The van der Waals surface area contributed by atoms with Gasteiger partial charge in [0.2, 0.25) is 0 Å². The first kappa shape index (κ1) is 22.0. The predicted molar refractivity (Wildman–Crippen MR) is 100 cm³/mol. The third-order valence-electron chi connectivity index (χ3n) is 4.62. The van der Waals surface area contributed by atoms with Crippen molar-refractivity contribution in [3.05, 3.63) is 62.4 Å². The fourth-order valence-corrected chi connectivity index (χ4v) is 11.2. The summed E-state index contributed by atoms with van der Waals surface area (Å²) in [6.07, 6.45) is 17.6. The fraction of sp³-hybridized carbons (Fsp3) is 0.474. The molecule has 126 valence electrons. The molecule has 23 heavy (non-hydrogen) atoms. The van der Waals surface area contributed by atoms with Crippen molar-refractivity contribution in [3.8, 4) is 0 Å². The third-order valence-corrected chi connectivity index (χ3v) is 11.5. The minimum absolute atomic E-state index is 0. The first-order valence-corrected chi connectivity index (χ1v) is 14.2. The largest absolute Gasteiger partial charge is 2.00 e. The maximum absolute atomic E-state index is 6.94. The Kier molecular flexibility index (Phi) is 7.71. The van der Waals surface area contributed by atoms with Crippen LogP contribution in [0, 0.1) is 67.9 Å². The molecule has 0 spiro atoms. The molecule has 0 aromatic rings. The molecule has 2 aliphatic carbocycles. The van der Waals surface area contributed by atoms with E-state index in [1.54, 1.807) is 0 Å². The molecule has 10 radical (unpaired) electrons. The van der Waals surface area contributed by atoms with Crippen molar-refractivity contribution in [1.29, 1.82) is 0 Å². The van der Waals surface area contributed by atoms with Crippen LogP contribution in [0.4, 0.5) is 0 Å². The van der Waals surface area contributed by atoms with E-state index in [1.807, 2.05) is 0 Å². The summed E-state index contributed by atoms with van der Waals surface area (Å²) in [7, 11) is -3.59. The van der Waals surface area contributed by atoms with Crippen LogP contribution in [0.2, 0.25) is 26.2 Å². The quantitative estimate of drug-likeness (QED) is 0.619. The minimum atomic E-state index is -1.89. The second-order valence-electron chi connectivity index (χ2n) is 8.44. The topological polar surface area (TPSA) is 9.23 Å². The summed E-state index contributed by atoms with van der Waals surface area (Å²) < 4.78 is 6.94. The zero-order valence-electron chi connectivity index (χ0n) is 15.5. The smallest absolute Gasteiger partial charge is 0.416 e. The second kappa shape index (κ2) is 8.07. The Balaban J connectivity index is 0.00000264. The maximum Gasteiger partial charge on any atom is 2.00 e. The van der Waals surface area contributed by atoms with Crippen LogP contribution in [-0.4, -0.2) is 22.1 Å². The summed E-state index contributed by atoms with van der Waals surface area (Å²) >= 11 is 0. The van der Waals surface area contributed by atoms with Gasteiger partial charge in [-0.05, 0) is 75.4 Å². The zero-order valence-corrected chi connectivity index (χ0v) is 18.6. The van der Waals surface area contributed by atoms with E-state index in [2.05, 4.69) is 98.3 Å². The second-order valence-corrected chi connectivity index (χ2v) is 16.8. The Bertz CT molecular complexity index is 364. The minimum Gasteiger partial charge on any atom is -0.416 e. The van der Waals surface area contributed by atoms with E-state index in [4.69, 9.17) is 4.43 Å². The molecule has 0 heterocycles. The standard InChI is InChI=1S/C19H30OSi2.Fe/c1-19(2,3)18(21(4,5)16-12-8-9-13-16)20-22(6,7)17-14-10-11-15-17;/h8-15,18H,1-7H3;/q;+2. The van der Waals surface area contributed by atoms with Crippen LogP contribution in [0.25, 0.3) is 0 Å². The van der Waals surface area contributed by atoms with Gasteiger partial charge >= 0.3 is 17.1 Å². The summed E-state index contributed by atoms with van der Waals surface area (Å²) in [5.74, 6) is 0. The van der Waals surface area contributed by atoms with Crippen molar-refractivity contribution >= 4 is 16.4 Å². The Morgan fingerprint density at radius 3 is 1.57 bits per heavy atom. The van der Waals surface area contributed by atoms with Gasteiger partial charge in [-0.2, -0.15) is 0 Å². The molecule has 1 unspecified atom stereocenters. The van der Waals surface area contributed by atoms with Crippen molar-refractivity contribution in [2.45, 2.75) is 52.7 Å². The molecule has 0 N–H and O–H groups in total. The van der Waals surface area contributed by atoms with Crippen LogP contribution < -0.4 is 0 Å². The summed E-state index contributed by atoms with van der Waals surface area (Å²) in [6.45, 7) is 16.5. The van der Waals surface area contributed by atoms with Crippen molar-refractivity contribution in [2.75, 3.05) is 0 Å². The van der Waals surface area contributed by atoms with Gasteiger partial charge in [-0.15, -0.1) is 0 Å². The molecule has 1 nitrogen and oxygen atoms in total. The van der Waals surface area contributed by atoms with Gasteiger partial charge < -0.3 is 4.43 Å². The van der Waals surface area contributed by atoms with Crippen LogP contribution in [0.1, 0.15) is 20.8 Å². The van der Waals surface area contributed by atoms with E-state index < -0.39 is 16.4 Å². The van der Waals surface area contributed by atoms with Gasteiger partial charge in [-0.3, -0.25) is 0 Å². The predicted octanol–water partition coefficient (Wildman–Crippen LogP) is 4.76. The van der Waals surface area contributed by atoms with Crippen LogP contribution in [-0.2, 0) is 21.5 Å². The molecule has 0 bridgehead atoms. The molecule has 4 heteroatoms. The van der Waals surface area contributed by atoms with Crippen molar-refractivity contribution in [2.24, 2.45) is 5.41 Å². The summed E-state index contributed by atoms with van der Waals surface area (Å²) in [5.41, 5.74) is 3.34. The van der Waals surface area contributed by atoms with Gasteiger partial charge in [0.25, 0.3) is 0 Å². The number of hydrogen-bond acceptors (Lipinski definition) is 1. The van der Waals surface area contributed by atoms with Crippen LogP contribution >= 0.6 is 0 Å². The van der Waals surface area contributed by atoms with E-state index in [0.717, 1.165) is 0 Å². The first-order chi connectivity index (χ1) is 10.0. The fourth-order valence-electron chi connectivity index (χ4n) is 3.50. The number of rotatable bonds is 5. The first-order valence-electron chi connectivity index (χ1n) is 8.17. The monoisotopic (exact) mass is 386 g/mol. The molecule has 2 saturated carbocycles. The Morgan fingerprint density at radius 2 is 1.17 bits per heavy atom. The Morgan fingerprint density at radius 1 is 0.783 bits per heavy atom. The molecule has 0 aromatic heterocycles. The van der Waals surface area contributed by atoms with Crippen LogP contribution in [0.5, 0.6) is 0 Å². The van der Waals surface area contributed by atoms with Gasteiger partial charge in [0.1, 0.15) is 0 Å². The molecule has 2 fully saturated rings. The van der Waals surface area contributed by atoms with Gasteiger partial charge in [0, 0.05) is 11.3 Å². The van der Waals surface area contributed by atoms with Crippen LogP contribution in [0.3, 0.4) is 0 Å². The molecular weight excluding hydrogens is 356 g/mol. The maximum atomic E-state index is 6.94. The van der Waals surface area contributed by atoms with Gasteiger partial charge in [0.15, 0.2) is 8.32 Å². The Labute approximate surface area is 158 Å². The summed E-state index contributed by atoms with van der Waals surface area (Å²) in [6, 6.07) is 0. The van der Waals surface area contributed by atoms with E-state index in [0.29, 0.717) is 5.73 Å². The zero-order chi connectivity index (χ0) is 16.6. The van der Waals surface area contributed by atoms with Crippen molar-refractivity contribution in [1.82, 2.24) is 0 Å². The SMILES string of the molecule is CC(C)(C)C(O[Si](C)(C)[C]1[CH][CH][CH][CH]1)[Si](C)(C)[C]1[CH][CH][CH][CH]1.[Fe+2]. The normalized spacial score (nSPS) is 23.1. The Hall–Kier alpha value is 0.913. The van der Waals surface area contributed by atoms with E-state index in [-0.39, 0.29) is 22.5 Å². The molecule has 1 atom stereocenters. The average molecular weight is 386 g/mol. The summed E-state index contributed by atoms with van der Waals surface area (Å²) in [5, 5.41) is 0. The summed E-state index contributed by atoms with van der Waals surface area (Å²) in [4.78, 5) is 0. The molecular formula is C19H30FeOSi2+2.